The first-order valence-corrected chi connectivity index (χ1v) is 7.48. The molecule has 2 aromatic rings. The van der Waals surface area contributed by atoms with Crippen molar-refractivity contribution >= 4 is 11.7 Å². The summed E-state index contributed by atoms with van der Waals surface area (Å²) in [5.74, 6) is 0.171. The van der Waals surface area contributed by atoms with Crippen molar-refractivity contribution in [2.45, 2.75) is 12.5 Å². The lowest BCUT2D eigenvalue weighted by Crippen LogP contribution is -2.42. The first-order chi connectivity index (χ1) is 11.5. The number of carbonyl (C=O) groups excluding carboxylic acids is 1. The van der Waals surface area contributed by atoms with E-state index in [2.05, 4.69) is 10.6 Å². The number of benzene rings is 2. The lowest BCUT2D eigenvalue weighted by Gasteiger charge is -2.29. The second-order valence-corrected chi connectivity index (χ2v) is 5.42. The van der Waals surface area contributed by atoms with E-state index in [9.17, 15) is 9.18 Å². The Labute approximate surface area is 140 Å². The molecule has 0 radical (unpaired) electrons. The normalized spacial score (nSPS) is 13.0. The van der Waals surface area contributed by atoms with E-state index in [1.807, 2.05) is 6.07 Å². The minimum absolute atomic E-state index is 0.103. The molecule has 2 amide bonds. The molecule has 0 aromatic heterocycles. The summed E-state index contributed by atoms with van der Waals surface area (Å²) in [6, 6.07) is 13.0. The molecule has 0 spiro atoms. The van der Waals surface area contributed by atoms with E-state index in [1.165, 1.54) is 20.3 Å². The van der Waals surface area contributed by atoms with Crippen LogP contribution in [-0.4, -0.2) is 26.8 Å². The average molecular weight is 332 g/mol. The van der Waals surface area contributed by atoms with E-state index < -0.39 is 11.6 Å². The third-order valence-electron chi connectivity index (χ3n) is 3.84. The number of para-hydroxylation sites is 2. The third kappa shape index (κ3) is 4.02. The number of carbonyl (C=O) groups is 1. The molecule has 5 nitrogen and oxygen atoms in total. The zero-order chi connectivity index (χ0) is 17.6. The monoisotopic (exact) mass is 332 g/mol. The Morgan fingerprint density at radius 3 is 2.46 bits per heavy atom. The van der Waals surface area contributed by atoms with E-state index in [0.29, 0.717) is 17.0 Å². The van der Waals surface area contributed by atoms with Gasteiger partial charge >= 0.3 is 6.03 Å². The van der Waals surface area contributed by atoms with Crippen molar-refractivity contribution in [1.29, 1.82) is 0 Å². The molecule has 2 rings (SSSR count). The first kappa shape index (κ1) is 17.7. The SMILES string of the molecule is COc1ccccc1NC(=O)NCC(C)(OC)c1ccccc1F. The predicted octanol–water partition coefficient (Wildman–Crippen LogP) is 3.52. The van der Waals surface area contributed by atoms with Gasteiger partial charge in [0.25, 0.3) is 0 Å². The Balaban J connectivity index is 2.05. The first-order valence-electron chi connectivity index (χ1n) is 7.48. The van der Waals surface area contributed by atoms with Crippen molar-refractivity contribution in [3.05, 3.63) is 59.9 Å². The van der Waals surface area contributed by atoms with Crippen molar-refractivity contribution < 1.29 is 18.7 Å². The fraction of sp³-hybridized carbons (Fsp3) is 0.278. The third-order valence-corrected chi connectivity index (χ3v) is 3.84. The Kier molecular flexibility index (Phi) is 5.76. The smallest absolute Gasteiger partial charge is 0.319 e. The second kappa shape index (κ2) is 7.79. The molecular formula is C18H21FN2O3. The topological polar surface area (TPSA) is 59.6 Å². The number of methoxy groups -OCH3 is 2. The van der Waals surface area contributed by atoms with E-state index in [0.717, 1.165) is 0 Å². The summed E-state index contributed by atoms with van der Waals surface area (Å²) in [6.45, 7) is 1.82. The predicted molar refractivity (Wildman–Crippen MR) is 90.8 cm³/mol. The van der Waals surface area contributed by atoms with Crippen molar-refractivity contribution in [3.63, 3.8) is 0 Å². The second-order valence-electron chi connectivity index (χ2n) is 5.42. The summed E-state index contributed by atoms with van der Waals surface area (Å²) < 4.78 is 24.6. The zero-order valence-electron chi connectivity index (χ0n) is 13.9. The van der Waals surface area contributed by atoms with Crippen LogP contribution in [0.15, 0.2) is 48.5 Å². The number of urea groups is 1. The fourth-order valence-corrected chi connectivity index (χ4v) is 2.33. The molecule has 6 heteroatoms. The largest absolute Gasteiger partial charge is 0.495 e. The lowest BCUT2D eigenvalue weighted by molar-refractivity contribution is 0.00235. The van der Waals surface area contributed by atoms with Crippen LogP contribution in [0.2, 0.25) is 0 Å². The van der Waals surface area contributed by atoms with Crippen LogP contribution in [0, 0.1) is 5.82 Å². The van der Waals surface area contributed by atoms with Crippen LogP contribution in [0.3, 0.4) is 0 Å². The van der Waals surface area contributed by atoms with E-state index in [4.69, 9.17) is 9.47 Å². The van der Waals surface area contributed by atoms with Crippen molar-refractivity contribution in [3.8, 4) is 5.75 Å². The number of amides is 2. The molecule has 0 aliphatic heterocycles. The lowest BCUT2D eigenvalue weighted by atomic mass is 9.95. The van der Waals surface area contributed by atoms with Crippen LogP contribution < -0.4 is 15.4 Å². The van der Waals surface area contributed by atoms with E-state index in [1.54, 1.807) is 43.3 Å². The van der Waals surface area contributed by atoms with Gasteiger partial charge in [0.2, 0.25) is 0 Å². The highest BCUT2D eigenvalue weighted by Crippen LogP contribution is 2.26. The molecule has 2 N–H and O–H groups in total. The number of ether oxygens (including phenoxy) is 2. The highest BCUT2D eigenvalue weighted by Gasteiger charge is 2.29. The van der Waals surface area contributed by atoms with Gasteiger partial charge in [0.1, 0.15) is 17.2 Å². The highest BCUT2D eigenvalue weighted by molar-refractivity contribution is 5.90. The summed E-state index contributed by atoms with van der Waals surface area (Å²) in [7, 11) is 3.00. The number of rotatable bonds is 6. The van der Waals surface area contributed by atoms with Crippen LogP contribution in [-0.2, 0) is 10.3 Å². The fourth-order valence-electron chi connectivity index (χ4n) is 2.33. The van der Waals surface area contributed by atoms with E-state index >= 15 is 0 Å². The van der Waals surface area contributed by atoms with Crippen molar-refractivity contribution in [2.75, 3.05) is 26.1 Å². The number of nitrogens with one attached hydrogen (secondary N) is 2. The van der Waals surface area contributed by atoms with Gasteiger partial charge in [-0.05, 0) is 25.1 Å². The number of hydrogen-bond acceptors (Lipinski definition) is 3. The minimum Gasteiger partial charge on any atom is -0.495 e. The molecule has 128 valence electrons. The quantitative estimate of drug-likeness (QED) is 0.851. The van der Waals surface area contributed by atoms with Crippen LogP contribution >= 0.6 is 0 Å². The molecule has 2 aromatic carbocycles. The van der Waals surface area contributed by atoms with E-state index in [-0.39, 0.29) is 12.4 Å². The summed E-state index contributed by atoms with van der Waals surface area (Å²) in [5, 5.41) is 5.40. The van der Waals surface area contributed by atoms with Gasteiger partial charge in [0, 0.05) is 12.7 Å². The Morgan fingerprint density at radius 1 is 1.12 bits per heavy atom. The Morgan fingerprint density at radius 2 is 1.79 bits per heavy atom. The molecule has 0 saturated carbocycles. The van der Waals surface area contributed by atoms with Gasteiger partial charge in [-0.1, -0.05) is 30.3 Å². The molecule has 1 atom stereocenters. The maximum Gasteiger partial charge on any atom is 0.319 e. The van der Waals surface area contributed by atoms with Crippen molar-refractivity contribution in [1.82, 2.24) is 5.32 Å². The molecule has 0 bridgehead atoms. The molecule has 1 unspecified atom stereocenters. The van der Waals surface area contributed by atoms with Crippen LogP contribution in [0.5, 0.6) is 5.75 Å². The van der Waals surface area contributed by atoms with Crippen molar-refractivity contribution in [2.24, 2.45) is 0 Å². The summed E-state index contributed by atoms with van der Waals surface area (Å²) in [5.41, 5.74) is -0.0590. The van der Waals surface area contributed by atoms with Crippen LogP contribution in [0.1, 0.15) is 12.5 Å². The summed E-state index contributed by atoms with van der Waals surface area (Å²) >= 11 is 0. The molecule has 0 fully saturated rings. The standard InChI is InChI=1S/C18H21FN2O3/c1-18(24-3,13-8-4-5-9-14(13)19)12-20-17(22)21-15-10-6-7-11-16(15)23-2/h4-11H,12H2,1-3H3,(H2,20,21,22). The Bertz CT molecular complexity index is 708. The minimum atomic E-state index is -0.983. The van der Waals surface area contributed by atoms with Gasteiger partial charge in [-0.2, -0.15) is 0 Å². The molecular weight excluding hydrogens is 311 g/mol. The van der Waals surface area contributed by atoms with Gasteiger partial charge in [0.15, 0.2) is 0 Å². The van der Waals surface area contributed by atoms with Gasteiger partial charge in [-0.15, -0.1) is 0 Å². The number of hydrogen-bond donors (Lipinski definition) is 2. The van der Waals surface area contributed by atoms with Gasteiger partial charge < -0.3 is 20.1 Å². The molecule has 0 aliphatic carbocycles. The number of anilines is 1. The van der Waals surface area contributed by atoms with Gasteiger partial charge in [-0.3, -0.25) is 0 Å². The molecule has 0 heterocycles. The maximum absolute atomic E-state index is 14.0. The Hall–Kier alpha value is -2.60. The highest BCUT2D eigenvalue weighted by atomic mass is 19.1. The van der Waals surface area contributed by atoms with Crippen LogP contribution in [0.4, 0.5) is 14.9 Å². The average Bonchev–Trinajstić information content (AvgIpc) is 2.60. The maximum atomic E-state index is 14.0. The summed E-state index contributed by atoms with van der Waals surface area (Å²) in [6.07, 6.45) is 0. The molecule has 0 saturated heterocycles. The number of halogens is 1. The van der Waals surface area contributed by atoms with Gasteiger partial charge in [-0.25, -0.2) is 9.18 Å². The summed E-state index contributed by atoms with van der Waals surface area (Å²) in [4.78, 5) is 12.1. The van der Waals surface area contributed by atoms with Crippen LogP contribution in [0.25, 0.3) is 0 Å². The molecule has 24 heavy (non-hydrogen) atoms. The molecule has 0 aliphatic rings. The van der Waals surface area contributed by atoms with Gasteiger partial charge in [0.05, 0.1) is 19.3 Å². The zero-order valence-corrected chi connectivity index (χ0v) is 13.9.